The number of carbonyl (C=O) groups excluding carboxylic acids is 1. The third-order valence-electron chi connectivity index (χ3n) is 3.99. The fourth-order valence-electron chi connectivity index (χ4n) is 2.78. The van der Waals surface area contributed by atoms with E-state index in [1.165, 1.54) is 22.0 Å². The molecule has 0 spiro atoms. The summed E-state index contributed by atoms with van der Waals surface area (Å²) in [6.45, 7) is 0.938. The van der Waals surface area contributed by atoms with Crippen LogP contribution in [0.2, 0.25) is 5.02 Å². The lowest BCUT2D eigenvalue weighted by molar-refractivity contribution is 0.0819. The van der Waals surface area contributed by atoms with Crippen LogP contribution in [0.4, 0.5) is 5.69 Å². The van der Waals surface area contributed by atoms with Crippen LogP contribution >= 0.6 is 22.9 Å². The summed E-state index contributed by atoms with van der Waals surface area (Å²) in [5.41, 5.74) is 0.808. The smallest absolute Gasteiger partial charge is 0.336 e. The van der Waals surface area contributed by atoms with Crippen molar-refractivity contribution in [3.8, 4) is 11.6 Å². The van der Waals surface area contributed by atoms with Crippen LogP contribution in [0.5, 0.6) is 5.88 Å². The molecule has 10 heteroatoms. The monoisotopic (exact) mass is 392 g/mol. The maximum atomic E-state index is 12.6. The number of carbonyl (C=O) groups is 1. The zero-order valence-electron chi connectivity index (χ0n) is 13.3. The van der Waals surface area contributed by atoms with Gasteiger partial charge in [0, 0.05) is 17.3 Å². The average Bonchev–Trinajstić information content (AvgIpc) is 3.25. The number of benzene rings is 1. The van der Waals surface area contributed by atoms with Gasteiger partial charge in [-0.15, -0.1) is 11.3 Å². The van der Waals surface area contributed by atoms with E-state index in [0.717, 1.165) is 4.57 Å². The third-order valence-corrected chi connectivity index (χ3v) is 5.06. The highest BCUT2D eigenvalue weighted by Gasteiger charge is 2.24. The number of amides is 1. The number of thiazole rings is 1. The van der Waals surface area contributed by atoms with Gasteiger partial charge >= 0.3 is 5.69 Å². The van der Waals surface area contributed by atoms with Crippen molar-refractivity contribution in [1.82, 2.24) is 14.1 Å². The largest absolute Gasteiger partial charge is 0.493 e. The normalized spacial score (nSPS) is 13.4. The molecule has 0 aliphatic carbocycles. The summed E-state index contributed by atoms with van der Waals surface area (Å²) in [6, 6.07) is 4.68. The zero-order chi connectivity index (χ0) is 18.3. The van der Waals surface area contributed by atoms with Gasteiger partial charge in [0.15, 0.2) is 5.01 Å². The minimum absolute atomic E-state index is 0.160. The van der Waals surface area contributed by atoms with Crippen molar-refractivity contribution in [1.29, 1.82) is 0 Å². The summed E-state index contributed by atoms with van der Waals surface area (Å²) in [5.74, 6) is -0.545. The highest BCUT2D eigenvalue weighted by atomic mass is 35.5. The first kappa shape index (κ1) is 16.8. The molecule has 3 aromatic rings. The molecule has 0 unspecified atom stereocenters. The molecule has 26 heavy (non-hydrogen) atoms. The van der Waals surface area contributed by atoms with Crippen LogP contribution in [0.1, 0.15) is 15.5 Å². The highest BCUT2D eigenvalue weighted by Crippen LogP contribution is 2.29. The number of ether oxygens (including phenoxy) is 1. The van der Waals surface area contributed by atoms with Crippen LogP contribution in [0.15, 0.2) is 34.6 Å². The van der Waals surface area contributed by atoms with Crippen molar-refractivity contribution in [2.24, 2.45) is 0 Å². The van der Waals surface area contributed by atoms with E-state index in [2.05, 4.69) is 10.3 Å². The Labute approximate surface area is 156 Å². The van der Waals surface area contributed by atoms with Crippen molar-refractivity contribution in [2.45, 2.75) is 13.2 Å². The van der Waals surface area contributed by atoms with Gasteiger partial charge in [0.25, 0.3) is 5.91 Å². The molecular weight excluding hydrogens is 380 g/mol. The fraction of sp³-hybridized carbons (Fsp3) is 0.188. The molecule has 0 atom stereocenters. The topological polar surface area (TPSA) is 98.4 Å². The Kier molecular flexibility index (Phi) is 4.27. The quantitative estimate of drug-likeness (QED) is 0.712. The van der Waals surface area contributed by atoms with Crippen molar-refractivity contribution >= 4 is 34.5 Å². The van der Waals surface area contributed by atoms with Gasteiger partial charge in [-0.3, -0.25) is 9.36 Å². The number of fused-ring (bicyclic) bond motifs is 1. The van der Waals surface area contributed by atoms with Crippen LogP contribution in [0.25, 0.3) is 5.69 Å². The van der Waals surface area contributed by atoms with E-state index in [4.69, 9.17) is 16.3 Å². The lowest BCUT2D eigenvalue weighted by atomic mass is 10.2. The fourth-order valence-corrected chi connectivity index (χ4v) is 3.57. The lowest BCUT2D eigenvalue weighted by Gasteiger charge is -2.13. The van der Waals surface area contributed by atoms with Gasteiger partial charge in [-0.2, -0.15) is 0 Å². The molecule has 2 aromatic heterocycles. The molecule has 0 bridgehead atoms. The van der Waals surface area contributed by atoms with Crippen LogP contribution in [-0.4, -0.2) is 31.7 Å². The lowest BCUT2D eigenvalue weighted by Crippen LogP contribution is -2.28. The van der Waals surface area contributed by atoms with Gasteiger partial charge in [-0.1, -0.05) is 11.6 Å². The van der Waals surface area contributed by atoms with Gasteiger partial charge in [-0.05, 0) is 18.2 Å². The van der Waals surface area contributed by atoms with Crippen molar-refractivity contribution in [3.63, 3.8) is 0 Å². The van der Waals surface area contributed by atoms with Crippen molar-refractivity contribution in [2.75, 3.05) is 11.9 Å². The van der Waals surface area contributed by atoms with E-state index in [9.17, 15) is 14.7 Å². The number of rotatable bonds is 3. The Balaban J connectivity index is 1.68. The molecule has 0 radical (unpaired) electrons. The first-order valence-electron chi connectivity index (χ1n) is 7.68. The number of hydrogen-bond acceptors (Lipinski definition) is 6. The molecule has 4 rings (SSSR count). The number of hydrogen-bond donors (Lipinski definition) is 2. The van der Waals surface area contributed by atoms with E-state index in [1.807, 2.05) is 0 Å². The molecule has 0 saturated heterocycles. The van der Waals surface area contributed by atoms with E-state index < -0.39 is 0 Å². The molecule has 8 nitrogen and oxygen atoms in total. The minimum atomic E-state index is -0.387. The Morgan fingerprint density at radius 3 is 2.96 bits per heavy atom. The highest BCUT2D eigenvalue weighted by molar-refractivity contribution is 7.11. The number of nitrogens with zero attached hydrogens (tertiary/aromatic N) is 3. The Bertz CT molecular complexity index is 1040. The molecular formula is C16H13ClN4O4S. The maximum Gasteiger partial charge on any atom is 0.336 e. The van der Waals surface area contributed by atoms with Crippen molar-refractivity contribution < 1.29 is 14.6 Å². The minimum Gasteiger partial charge on any atom is -0.493 e. The van der Waals surface area contributed by atoms with Gasteiger partial charge in [0.05, 0.1) is 30.5 Å². The molecule has 1 amide bonds. The van der Waals surface area contributed by atoms with Gasteiger partial charge in [0.1, 0.15) is 5.69 Å². The summed E-state index contributed by atoms with van der Waals surface area (Å²) < 4.78 is 7.89. The van der Waals surface area contributed by atoms with Gasteiger partial charge < -0.3 is 15.2 Å². The molecule has 134 valence electrons. The average molecular weight is 393 g/mol. The second-order valence-electron chi connectivity index (χ2n) is 5.55. The molecule has 1 aliphatic rings. The first-order chi connectivity index (χ1) is 12.6. The van der Waals surface area contributed by atoms with Gasteiger partial charge in [0.2, 0.25) is 5.88 Å². The van der Waals surface area contributed by atoms with Crippen molar-refractivity contribution in [3.05, 3.63) is 56.0 Å². The van der Waals surface area contributed by atoms with Gasteiger partial charge in [-0.25, -0.2) is 14.3 Å². The van der Waals surface area contributed by atoms with E-state index >= 15 is 0 Å². The first-order valence-corrected chi connectivity index (χ1v) is 8.94. The Morgan fingerprint density at radius 1 is 1.42 bits per heavy atom. The Morgan fingerprint density at radius 2 is 2.27 bits per heavy atom. The van der Waals surface area contributed by atoms with Crippen LogP contribution in [0.3, 0.4) is 0 Å². The Hall–Kier alpha value is -2.62. The van der Waals surface area contributed by atoms with E-state index in [0.29, 0.717) is 35.2 Å². The summed E-state index contributed by atoms with van der Waals surface area (Å²) in [6.07, 6.45) is 1.55. The maximum absolute atomic E-state index is 12.6. The summed E-state index contributed by atoms with van der Waals surface area (Å²) in [7, 11) is 0. The molecule has 1 aromatic carbocycles. The van der Waals surface area contributed by atoms with E-state index in [-0.39, 0.29) is 29.1 Å². The van der Waals surface area contributed by atoms with Crippen LogP contribution in [-0.2, 0) is 17.9 Å². The van der Waals surface area contributed by atoms with E-state index in [1.54, 1.807) is 23.7 Å². The number of nitrogens with one attached hydrogen (secondary N) is 1. The van der Waals surface area contributed by atoms with Crippen LogP contribution < -0.4 is 11.0 Å². The molecule has 0 fully saturated rings. The molecule has 3 heterocycles. The SMILES string of the molecule is O=C(Nc1ccc(-n2c(O)c3n(c2=O)CCOC3)c(Cl)c1)c1nccs1. The second-order valence-corrected chi connectivity index (χ2v) is 6.85. The third kappa shape index (κ3) is 2.79. The summed E-state index contributed by atoms with van der Waals surface area (Å²) in [5, 5.41) is 15.3. The standard InChI is InChI=1S/C16H13ClN4O4S/c17-10-7-9(19-13(22)14-18-3-6-26-14)1-2-11(10)21-15(23)12-8-25-5-4-20(12)16(21)24/h1-3,6-7,23H,4-5,8H2,(H,19,22). The number of imidazole rings is 1. The molecule has 2 N–H and O–H groups in total. The number of halogens is 1. The second kappa shape index (κ2) is 6.60. The molecule has 1 aliphatic heterocycles. The summed E-state index contributed by atoms with van der Waals surface area (Å²) in [4.78, 5) is 28.6. The zero-order valence-corrected chi connectivity index (χ0v) is 14.9. The van der Waals surface area contributed by atoms with Crippen LogP contribution in [0, 0.1) is 0 Å². The molecule has 0 saturated carbocycles. The summed E-state index contributed by atoms with van der Waals surface area (Å²) >= 11 is 7.53. The number of anilines is 1. The predicted octanol–water partition coefficient (Wildman–Crippen LogP) is 2.24. The predicted molar refractivity (Wildman–Crippen MR) is 96.4 cm³/mol. The number of aromatic hydroxyl groups is 1. The number of aromatic nitrogens is 3.